The molecule has 0 bridgehead atoms. The molecule has 4 rings (SSSR count). The molecule has 6 heteroatoms. The molecule has 2 aliphatic heterocycles. The Hall–Kier alpha value is -1.89. The molecule has 154 valence electrons. The molecule has 2 heterocycles. The van der Waals surface area contributed by atoms with E-state index >= 15 is 0 Å². The Kier molecular flexibility index (Phi) is 6.53. The van der Waals surface area contributed by atoms with Gasteiger partial charge in [-0.25, -0.2) is 0 Å². The molecular weight excluding hydrogens is 432 g/mol. The molecule has 0 aromatic heterocycles. The summed E-state index contributed by atoms with van der Waals surface area (Å²) in [5.74, 6) is 1.53. The molecule has 0 aliphatic carbocycles. The monoisotopic (exact) mass is 458 g/mol. The summed E-state index contributed by atoms with van der Waals surface area (Å²) in [5.41, 5.74) is 3.37. The Bertz CT molecular complexity index is 873. The number of carbonyl (C=O) groups excluding carboxylic acids is 1. The molecule has 1 fully saturated rings. The number of anilines is 1. The van der Waals surface area contributed by atoms with Gasteiger partial charge in [0.25, 0.3) is 0 Å². The summed E-state index contributed by atoms with van der Waals surface area (Å²) in [6, 6.07) is 14.2. The lowest BCUT2D eigenvalue weighted by Crippen LogP contribution is -2.30. The van der Waals surface area contributed by atoms with Crippen molar-refractivity contribution in [1.82, 2.24) is 4.90 Å². The molecule has 2 aliphatic rings. The van der Waals surface area contributed by atoms with Gasteiger partial charge in [-0.2, -0.15) is 0 Å². The highest BCUT2D eigenvalue weighted by atomic mass is 79.9. The Morgan fingerprint density at radius 3 is 2.93 bits per heavy atom. The smallest absolute Gasteiger partial charge is 0.233 e. The number of benzene rings is 2. The number of rotatable bonds is 8. The van der Waals surface area contributed by atoms with E-state index in [9.17, 15) is 4.79 Å². The third-order valence-electron chi connectivity index (χ3n) is 5.80. The van der Waals surface area contributed by atoms with Crippen LogP contribution in [0.3, 0.4) is 0 Å². The predicted molar refractivity (Wildman–Crippen MR) is 118 cm³/mol. The van der Waals surface area contributed by atoms with Gasteiger partial charge in [0.1, 0.15) is 12.4 Å². The SMILES string of the molecule is COCCOc1ccc(Br)c(CC2CCN(CC3C(=O)Nc4ccccc43)C2)c1. The Labute approximate surface area is 180 Å². The van der Waals surface area contributed by atoms with E-state index in [0.717, 1.165) is 53.9 Å². The predicted octanol–water partition coefficient (Wildman–Crippen LogP) is 4.07. The lowest BCUT2D eigenvalue weighted by molar-refractivity contribution is -0.117. The van der Waals surface area contributed by atoms with Crippen LogP contribution < -0.4 is 10.1 Å². The van der Waals surface area contributed by atoms with Crippen LogP contribution in [0.25, 0.3) is 0 Å². The summed E-state index contributed by atoms with van der Waals surface area (Å²) in [4.78, 5) is 14.8. The molecule has 2 atom stereocenters. The first kappa shape index (κ1) is 20.4. The number of nitrogens with one attached hydrogen (secondary N) is 1. The summed E-state index contributed by atoms with van der Waals surface area (Å²) in [5, 5.41) is 3.01. The minimum atomic E-state index is -0.0609. The highest BCUT2D eigenvalue weighted by molar-refractivity contribution is 9.10. The molecule has 2 unspecified atom stereocenters. The zero-order chi connectivity index (χ0) is 20.2. The largest absolute Gasteiger partial charge is 0.491 e. The van der Waals surface area contributed by atoms with Gasteiger partial charge in [-0.1, -0.05) is 34.1 Å². The van der Waals surface area contributed by atoms with Crippen LogP contribution in [0.15, 0.2) is 46.9 Å². The van der Waals surface area contributed by atoms with Crippen molar-refractivity contribution in [2.24, 2.45) is 5.92 Å². The van der Waals surface area contributed by atoms with Gasteiger partial charge in [-0.05, 0) is 60.7 Å². The van der Waals surface area contributed by atoms with Gasteiger partial charge in [0.15, 0.2) is 0 Å². The minimum absolute atomic E-state index is 0.0609. The first-order chi connectivity index (χ1) is 14.1. The van der Waals surface area contributed by atoms with Crippen molar-refractivity contribution in [2.75, 3.05) is 45.3 Å². The van der Waals surface area contributed by atoms with Crippen LogP contribution in [0.4, 0.5) is 5.69 Å². The number of nitrogens with zero attached hydrogens (tertiary/aromatic N) is 1. The van der Waals surface area contributed by atoms with E-state index in [1.54, 1.807) is 7.11 Å². The number of ether oxygens (including phenoxy) is 2. The number of fused-ring (bicyclic) bond motifs is 1. The summed E-state index contributed by atoms with van der Waals surface area (Å²) < 4.78 is 11.9. The molecule has 0 radical (unpaired) electrons. The number of methoxy groups -OCH3 is 1. The molecule has 5 nitrogen and oxygen atoms in total. The fraction of sp³-hybridized carbons (Fsp3) is 0.435. The number of likely N-dealkylation sites (tertiary alicyclic amines) is 1. The second-order valence-electron chi connectivity index (χ2n) is 7.84. The Balaban J connectivity index is 1.35. The quantitative estimate of drug-likeness (QED) is 0.605. The molecular formula is C23H27BrN2O3. The average molecular weight is 459 g/mol. The fourth-order valence-electron chi connectivity index (χ4n) is 4.31. The molecule has 2 aromatic rings. The second-order valence-corrected chi connectivity index (χ2v) is 8.70. The molecule has 29 heavy (non-hydrogen) atoms. The van der Waals surface area contributed by atoms with Crippen molar-refractivity contribution in [3.05, 3.63) is 58.1 Å². The molecule has 1 N–H and O–H groups in total. The number of hydrogen-bond acceptors (Lipinski definition) is 4. The average Bonchev–Trinajstić information content (AvgIpc) is 3.29. The Morgan fingerprint density at radius 1 is 1.21 bits per heavy atom. The van der Waals surface area contributed by atoms with Crippen LogP contribution in [0.1, 0.15) is 23.5 Å². The van der Waals surface area contributed by atoms with E-state index in [2.05, 4.69) is 44.3 Å². The second kappa shape index (κ2) is 9.28. The number of halogens is 1. The molecule has 2 aromatic carbocycles. The Morgan fingerprint density at radius 2 is 2.07 bits per heavy atom. The zero-order valence-electron chi connectivity index (χ0n) is 16.7. The lowest BCUT2D eigenvalue weighted by Gasteiger charge is -2.20. The third kappa shape index (κ3) is 4.82. The maximum atomic E-state index is 12.4. The van der Waals surface area contributed by atoms with Gasteiger partial charge >= 0.3 is 0 Å². The van der Waals surface area contributed by atoms with E-state index in [0.29, 0.717) is 19.1 Å². The van der Waals surface area contributed by atoms with E-state index in [1.807, 2.05) is 24.3 Å². The normalized spacial score (nSPS) is 21.2. The number of carbonyl (C=O) groups is 1. The molecule has 1 saturated heterocycles. The van der Waals surface area contributed by atoms with Crippen molar-refractivity contribution in [2.45, 2.75) is 18.8 Å². The van der Waals surface area contributed by atoms with E-state index in [4.69, 9.17) is 9.47 Å². The topological polar surface area (TPSA) is 50.8 Å². The number of amides is 1. The van der Waals surface area contributed by atoms with Gasteiger partial charge in [0.2, 0.25) is 5.91 Å². The highest BCUT2D eigenvalue weighted by Gasteiger charge is 2.34. The van der Waals surface area contributed by atoms with E-state index in [-0.39, 0.29) is 11.8 Å². The summed E-state index contributed by atoms with van der Waals surface area (Å²) >= 11 is 3.68. The van der Waals surface area contributed by atoms with E-state index < -0.39 is 0 Å². The van der Waals surface area contributed by atoms with Crippen molar-refractivity contribution < 1.29 is 14.3 Å². The summed E-state index contributed by atoms with van der Waals surface area (Å²) in [7, 11) is 1.68. The van der Waals surface area contributed by atoms with Crippen molar-refractivity contribution in [1.29, 1.82) is 0 Å². The minimum Gasteiger partial charge on any atom is -0.491 e. The van der Waals surface area contributed by atoms with Crippen LogP contribution >= 0.6 is 15.9 Å². The molecule has 0 saturated carbocycles. The first-order valence-electron chi connectivity index (χ1n) is 10.2. The lowest BCUT2D eigenvalue weighted by atomic mass is 9.98. The van der Waals surface area contributed by atoms with Gasteiger partial charge < -0.3 is 19.7 Å². The first-order valence-corrected chi connectivity index (χ1v) is 11.0. The van der Waals surface area contributed by atoms with Gasteiger partial charge in [-0.15, -0.1) is 0 Å². The van der Waals surface area contributed by atoms with Crippen LogP contribution in [0.5, 0.6) is 5.75 Å². The van der Waals surface area contributed by atoms with Crippen LogP contribution in [-0.4, -0.2) is 50.8 Å². The molecule has 1 amide bonds. The van der Waals surface area contributed by atoms with Crippen molar-refractivity contribution in [3.8, 4) is 5.75 Å². The maximum Gasteiger partial charge on any atom is 0.233 e. The van der Waals surface area contributed by atoms with Crippen LogP contribution in [0, 0.1) is 5.92 Å². The highest BCUT2D eigenvalue weighted by Crippen LogP contribution is 2.34. The van der Waals surface area contributed by atoms with Gasteiger partial charge in [-0.3, -0.25) is 4.79 Å². The van der Waals surface area contributed by atoms with Gasteiger partial charge in [0.05, 0.1) is 12.5 Å². The zero-order valence-corrected chi connectivity index (χ0v) is 18.3. The van der Waals surface area contributed by atoms with Crippen LogP contribution in [0.2, 0.25) is 0 Å². The third-order valence-corrected chi connectivity index (χ3v) is 6.58. The fourth-order valence-corrected chi connectivity index (χ4v) is 4.72. The number of para-hydroxylation sites is 1. The standard InChI is InChI=1S/C23H27BrN2O3/c1-28-10-11-29-18-6-7-21(24)17(13-18)12-16-8-9-26(14-16)15-20-19-4-2-3-5-22(19)25-23(20)27/h2-7,13,16,20H,8-12,14-15H2,1H3,(H,25,27). The van der Waals surface area contributed by atoms with Crippen molar-refractivity contribution >= 4 is 27.5 Å². The summed E-state index contributed by atoms with van der Waals surface area (Å²) in [6.07, 6.45) is 2.16. The number of hydrogen-bond donors (Lipinski definition) is 1. The van der Waals surface area contributed by atoms with Crippen molar-refractivity contribution in [3.63, 3.8) is 0 Å². The molecule has 0 spiro atoms. The van der Waals surface area contributed by atoms with Gasteiger partial charge in [0, 0.05) is 30.4 Å². The maximum absolute atomic E-state index is 12.4. The van der Waals surface area contributed by atoms with Crippen LogP contribution in [-0.2, 0) is 16.0 Å². The van der Waals surface area contributed by atoms with E-state index in [1.165, 1.54) is 5.56 Å². The summed E-state index contributed by atoms with van der Waals surface area (Å²) in [6.45, 7) is 3.99.